The quantitative estimate of drug-likeness (QED) is 0.571. The summed E-state index contributed by atoms with van der Waals surface area (Å²) < 4.78 is 4.74. The van der Waals surface area contributed by atoms with Crippen molar-refractivity contribution >= 4 is 11.8 Å². The van der Waals surface area contributed by atoms with Crippen molar-refractivity contribution < 1.29 is 14.2 Å². The summed E-state index contributed by atoms with van der Waals surface area (Å²) in [5.74, 6) is 0.248. The molecule has 1 atom stereocenters. The van der Waals surface area contributed by atoms with Gasteiger partial charge in [-0.15, -0.1) is 0 Å². The van der Waals surface area contributed by atoms with Crippen LogP contribution in [0.5, 0.6) is 0 Å². The highest BCUT2D eigenvalue weighted by Gasteiger charge is 2.59. The minimum atomic E-state index is 0.0312. The molecule has 34 heavy (non-hydrogen) atoms. The van der Waals surface area contributed by atoms with Crippen molar-refractivity contribution in [2.45, 2.75) is 39.7 Å². The second kappa shape index (κ2) is 8.70. The molecule has 1 unspecified atom stereocenters. The SMILES string of the molecule is Cc1ccc(-c2ccc(C(=O)N3CCC4(CC3)CC4C(=O)N(C)Cc3nonc3C)cc2)cc1. The van der Waals surface area contributed by atoms with Crippen molar-refractivity contribution in [3.63, 3.8) is 0 Å². The van der Waals surface area contributed by atoms with E-state index in [4.69, 9.17) is 4.63 Å². The molecule has 1 aromatic heterocycles. The summed E-state index contributed by atoms with van der Waals surface area (Å²) in [7, 11) is 1.81. The zero-order valence-electron chi connectivity index (χ0n) is 20.0. The van der Waals surface area contributed by atoms with Crippen LogP contribution in [-0.2, 0) is 11.3 Å². The first-order chi connectivity index (χ1) is 16.4. The van der Waals surface area contributed by atoms with Gasteiger partial charge in [-0.3, -0.25) is 9.59 Å². The van der Waals surface area contributed by atoms with Gasteiger partial charge >= 0.3 is 0 Å². The molecular weight excluding hydrogens is 428 g/mol. The zero-order chi connectivity index (χ0) is 23.9. The van der Waals surface area contributed by atoms with Gasteiger partial charge in [0.25, 0.3) is 5.91 Å². The molecule has 2 amide bonds. The molecule has 0 bridgehead atoms. The molecule has 1 aliphatic carbocycles. The predicted molar refractivity (Wildman–Crippen MR) is 128 cm³/mol. The second-order valence-corrected chi connectivity index (χ2v) is 9.85. The molecule has 2 aromatic carbocycles. The van der Waals surface area contributed by atoms with Gasteiger partial charge in [-0.1, -0.05) is 52.3 Å². The van der Waals surface area contributed by atoms with Crippen LogP contribution < -0.4 is 0 Å². The lowest BCUT2D eigenvalue weighted by atomic mass is 9.90. The van der Waals surface area contributed by atoms with E-state index in [1.165, 1.54) is 5.56 Å². The molecule has 0 N–H and O–H groups in total. The van der Waals surface area contributed by atoms with E-state index in [0.717, 1.165) is 30.4 Å². The van der Waals surface area contributed by atoms with Crippen LogP contribution in [0.3, 0.4) is 0 Å². The van der Waals surface area contributed by atoms with E-state index in [9.17, 15) is 9.59 Å². The van der Waals surface area contributed by atoms with Crippen LogP contribution in [0.2, 0.25) is 0 Å². The van der Waals surface area contributed by atoms with E-state index in [0.29, 0.717) is 36.6 Å². The molecule has 3 aromatic rings. The Balaban J connectivity index is 1.16. The Kier molecular flexibility index (Phi) is 5.71. The topological polar surface area (TPSA) is 79.5 Å². The average molecular weight is 459 g/mol. The van der Waals surface area contributed by atoms with Crippen molar-refractivity contribution in [3.8, 4) is 11.1 Å². The van der Waals surface area contributed by atoms with Crippen LogP contribution >= 0.6 is 0 Å². The molecule has 2 aliphatic rings. The number of rotatable bonds is 5. The summed E-state index contributed by atoms with van der Waals surface area (Å²) >= 11 is 0. The first-order valence-corrected chi connectivity index (χ1v) is 11.9. The molecule has 0 radical (unpaired) electrons. The van der Waals surface area contributed by atoms with Crippen molar-refractivity contribution in [2.75, 3.05) is 20.1 Å². The number of amides is 2. The minimum Gasteiger partial charge on any atom is -0.339 e. The van der Waals surface area contributed by atoms with Crippen molar-refractivity contribution in [1.82, 2.24) is 20.1 Å². The third-order valence-electron chi connectivity index (χ3n) is 7.56. The molecule has 7 heteroatoms. The summed E-state index contributed by atoms with van der Waals surface area (Å²) in [6.45, 7) is 5.69. The van der Waals surface area contributed by atoms with Crippen LogP contribution in [0.25, 0.3) is 11.1 Å². The lowest BCUT2D eigenvalue weighted by Gasteiger charge is -2.33. The number of hydrogen-bond acceptors (Lipinski definition) is 5. The number of aryl methyl sites for hydroxylation is 2. The lowest BCUT2D eigenvalue weighted by molar-refractivity contribution is -0.133. The minimum absolute atomic E-state index is 0.0312. The first kappa shape index (κ1) is 22.3. The highest BCUT2D eigenvalue weighted by Crippen LogP contribution is 2.60. The molecule has 1 saturated carbocycles. The number of nitrogens with zero attached hydrogens (tertiary/aromatic N) is 4. The Morgan fingerprint density at radius 2 is 1.62 bits per heavy atom. The fourth-order valence-corrected chi connectivity index (χ4v) is 5.10. The van der Waals surface area contributed by atoms with Crippen LogP contribution in [0, 0.1) is 25.2 Å². The summed E-state index contributed by atoms with van der Waals surface area (Å²) in [4.78, 5) is 29.7. The number of hydrogen-bond donors (Lipinski definition) is 0. The molecular formula is C27H30N4O3. The Morgan fingerprint density at radius 3 is 2.21 bits per heavy atom. The third-order valence-corrected chi connectivity index (χ3v) is 7.56. The highest BCUT2D eigenvalue weighted by molar-refractivity contribution is 5.95. The van der Waals surface area contributed by atoms with Crippen LogP contribution in [-0.4, -0.2) is 52.1 Å². The van der Waals surface area contributed by atoms with Gasteiger partial charge in [0, 0.05) is 31.6 Å². The average Bonchev–Trinajstić information content (AvgIpc) is 3.40. The Hall–Kier alpha value is -3.48. The summed E-state index contributed by atoms with van der Waals surface area (Å²) in [5.41, 5.74) is 5.64. The summed E-state index contributed by atoms with van der Waals surface area (Å²) in [5, 5.41) is 7.67. The number of carbonyl (C=O) groups is 2. The summed E-state index contributed by atoms with van der Waals surface area (Å²) in [6.07, 6.45) is 2.64. The van der Waals surface area contributed by atoms with Gasteiger partial charge in [-0.2, -0.15) is 0 Å². The van der Waals surface area contributed by atoms with Gasteiger partial charge < -0.3 is 9.80 Å². The predicted octanol–water partition coefficient (Wildman–Crippen LogP) is 4.25. The number of likely N-dealkylation sites (tertiary alicyclic amines) is 1. The van der Waals surface area contributed by atoms with E-state index < -0.39 is 0 Å². The van der Waals surface area contributed by atoms with Crippen LogP contribution in [0.1, 0.15) is 46.6 Å². The van der Waals surface area contributed by atoms with Gasteiger partial charge in [0.2, 0.25) is 5.91 Å². The van der Waals surface area contributed by atoms with Gasteiger partial charge in [-0.05, 0) is 61.8 Å². The normalized spacial score (nSPS) is 18.7. The maximum Gasteiger partial charge on any atom is 0.253 e. The van der Waals surface area contributed by atoms with Gasteiger partial charge in [-0.25, -0.2) is 4.63 Å². The molecule has 5 rings (SSSR count). The van der Waals surface area contributed by atoms with E-state index >= 15 is 0 Å². The van der Waals surface area contributed by atoms with Crippen molar-refractivity contribution in [1.29, 1.82) is 0 Å². The maximum atomic E-state index is 13.1. The third kappa shape index (κ3) is 4.22. The number of piperidine rings is 1. The Morgan fingerprint density at radius 1 is 1.00 bits per heavy atom. The second-order valence-electron chi connectivity index (χ2n) is 9.85. The molecule has 2 heterocycles. The van der Waals surface area contributed by atoms with Crippen LogP contribution in [0.15, 0.2) is 53.2 Å². The standard InChI is InChI=1S/C27H30N4O3/c1-18-4-6-20(7-5-18)21-8-10-22(11-9-21)25(32)31-14-12-27(13-15-31)16-23(27)26(33)30(3)17-24-19(2)28-34-29-24/h4-11,23H,12-17H2,1-3H3. The fraction of sp³-hybridized carbons (Fsp3) is 0.407. The highest BCUT2D eigenvalue weighted by atomic mass is 16.6. The van der Waals surface area contributed by atoms with Gasteiger partial charge in [0.05, 0.1) is 6.54 Å². The monoisotopic (exact) mass is 458 g/mol. The largest absolute Gasteiger partial charge is 0.339 e. The molecule has 1 spiro atoms. The fourth-order valence-electron chi connectivity index (χ4n) is 5.10. The zero-order valence-corrected chi connectivity index (χ0v) is 20.0. The van der Waals surface area contributed by atoms with Gasteiger partial charge in [0.15, 0.2) is 0 Å². The molecule has 176 valence electrons. The molecule has 1 saturated heterocycles. The van der Waals surface area contributed by atoms with E-state index in [1.807, 2.05) is 36.1 Å². The first-order valence-electron chi connectivity index (χ1n) is 11.9. The number of aromatic nitrogens is 2. The summed E-state index contributed by atoms with van der Waals surface area (Å²) in [6, 6.07) is 16.3. The Labute approximate surface area is 199 Å². The smallest absolute Gasteiger partial charge is 0.253 e. The van der Waals surface area contributed by atoms with Crippen molar-refractivity contribution in [2.24, 2.45) is 11.3 Å². The molecule has 1 aliphatic heterocycles. The number of carbonyl (C=O) groups excluding carboxylic acids is 2. The maximum absolute atomic E-state index is 13.1. The van der Waals surface area contributed by atoms with E-state index in [1.54, 1.807) is 11.9 Å². The lowest BCUT2D eigenvalue weighted by Crippen LogP contribution is -2.40. The van der Waals surface area contributed by atoms with E-state index in [2.05, 4.69) is 41.5 Å². The molecule has 7 nitrogen and oxygen atoms in total. The van der Waals surface area contributed by atoms with Crippen LogP contribution in [0.4, 0.5) is 0 Å². The van der Waals surface area contributed by atoms with Crippen molar-refractivity contribution in [3.05, 3.63) is 71.0 Å². The van der Waals surface area contributed by atoms with Gasteiger partial charge in [0.1, 0.15) is 11.4 Å². The molecule has 2 fully saturated rings. The van der Waals surface area contributed by atoms with E-state index in [-0.39, 0.29) is 23.1 Å². The number of benzene rings is 2. The Bertz CT molecular complexity index is 1190.